The van der Waals surface area contributed by atoms with Gasteiger partial charge in [0.15, 0.2) is 11.5 Å². The van der Waals surface area contributed by atoms with Crippen molar-refractivity contribution in [3.63, 3.8) is 0 Å². The molecule has 0 aliphatic carbocycles. The first kappa shape index (κ1) is 18.1. The molecule has 0 fully saturated rings. The number of rotatable bonds is 3. The van der Waals surface area contributed by atoms with Crippen LogP contribution >= 0.6 is 0 Å². The number of hydrogen-bond donors (Lipinski definition) is 0. The molecule has 2 aliphatic heterocycles. The van der Waals surface area contributed by atoms with Crippen LogP contribution in [0.4, 0.5) is 11.6 Å². The third-order valence-electron chi connectivity index (χ3n) is 5.14. The first-order chi connectivity index (χ1) is 14.5. The van der Waals surface area contributed by atoms with Crippen LogP contribution < -0.4 is 14.5 Å². The van der Waals surface area contributed by atoms with E-state index in [1.165, 1.54) is 12.1 Å². The molecule has 0 amide bonds. The van der Waals surface area contributed by atoms with Gasteiger partial charge >= 0.3 is 0 Å². The minimum absolute atomic E-state index is 0.0236. The van der Waals surface area contributed by atoms with Crippen molar-refractivity contribution in [2.75, 3.05) is 11.8 Å². The van der Waals surface area contributed by atoms with Crippen LogP contribution in [0.15, 0.2) is 47.8 Å². The molecule has 5 rings (SSSR count). The van der Waals surface area contributed by atoms with Gasteiger partial charge in [0.2, 0.25) is 6.79 Å². The predicted molar refractivity (Wildman–Crippen MR) is 108 cm³/mol. The second kappa shape index (κ2) is 6.83. The summed E-state index contributed by atoms with van der Waals surface area (Å²) in [6, 6.07) is 10.2. The minimum atomic E-state index is -0.420. The van der Waals surface area contributed by atoms with Crippen molar-refractivity contribution in [3.8, 4) is 11.5 Å². The van der Waals surface area contributed by atoms with Crippen LogP contribution in [0.5, 0.6) is 11.5 Å². The molecule has 10 nitrogen and oxygen atoms in total. The monoisotopic (exact) mass is 406 g/mol. The molecular weight excluding hydrogens is 388 g/mol. The Hall–Kier alpha value is -3.95. The molecule has 0 N–H and O–H groups in total. The number of anilines is 1. The van der Waals surface area contributed by atoms with Crippen LogP contribution in [0.2, 0.25) is 0 Å². The Balaban J connectivity index is 1.68. The summed E-state index contributed by atoms with van der Waals surface area (Å²) in [4.78, 5) is 15.0. The fourth-order valence-electron chi connectivity index (χ4n) is 3.67. The van der Waals surface area contributed by atoms with E-state index in [4.69, 9.17) is 14.6 Å². The highest BCUT2D eigenvalue weighted by Gasteiger charge is 2.29. The summed E-state index contributed by atoms with van der Waals surface area (Å²) in [5.41, 5.74) is 3.36. The van der Waals surface area contributed by atoms with Crippen LogP contribution in [0.1, 0.15) is 23.6 Å². The van der Waals surface area contributed by atoms with Gasteiger partial charge in [-0.1, -0.05) is 0 Å². The number of hydrazone groups is 1. The molecule has 0 saturated carbocycles. The number of ether oxygens (including phenoxy) is 2. The Morgan fingerprint density at radius 2 is 1.90 bits per heavy atom. The SMILES string of the molecule is CC1Cc2cc3c(cc2C(c2ccc([N+](=O)[O-])cc2)=NN1c1ncn(C)n1)OCO3. The van der Waals surface area contributed by atoms with Crippen LogP contribution in [0.3, 0.4) is 0 Å². The third kappa shape index (κ3) is 3.02. The van der Waals surface area contributed by atoms with Gasteiger partial charge < -0.3 is 9.47 Å². The van der Waals surface area contributed by atoms with Gasteiger partial charge in [0.05, 0.1) is 16.7 Å². The van der Waals surface area contributed by atoms with E-state index in [0.717, 1.165) is 16.7 Å². The maximum absolute atomic E-state index is 11.1. The fourth-order valence-corrected chi connectivity index (χ4v) is 3.67. The van der Waals surface area contributed by atoms with Gasteiger partial charge in [-0.05, 0) is 43.2 Å². The molecule has 2 aromatic carbocycles. The number of benzene rings is 2. The van der Waals surface area contributed by atoms with Crippen molar-refractivity contribution in [1.29, 1.82) is 0 Å². The molecule has 0 spiro atoms. The average Bonchev–Trinajstić information content (AvgIpc) is 3.33. The first-order valence-electron chi connectivity index (χ1n) is 9.41. The number of fused-ring (bicyclic) bond motifs is 2. The van der Waals surface area contributed by atoms with E-state index >= 15 is 0 Å². The van der Waals surface area contributed by atoms with Crippen molar-refractivity contribution in [2.24, 2.45) is 12.1 Å². The quantitative estimate of drug-likeness (QED) is 0.486. The predicted octanol–water partition coefficient (Wildman–Crippen LogP) is 2.66. The van der Waals surface area contributed by atoms with Crippen LogP contribution in [-0.4, -0.2) is 38.2 Å². The highest BCUT2D eigenvalue weighted by atomic mass is 16.7. The zero-order valence-corrected chi connectivity index (χ0v) is 16.3. The summed E-state index contributed by atoms with van der Waals surface area (Å²) in [7, 11) is 1.80. The van der Waals surface area contributed by atoms with Gasteiger partial charge in [-0.15, -0.1) is 5.10 Å². The Morgan fingerprint density at radius 1 is 1.17 bits per heavy atom. The van der Waals surface area contributed by atoms with Crippen molar-refractivity contribution in [3.05, 3.63) is 69.5 Å². The van der Waals surface area contributed by atoms with Gasteiger partial charge in [0.25, 0.3) is 11.6 Å². The normalized spacial score (nSPS) is 17.3. The number of hydrogen-bond acceptors (Lipinski definition) is 8. The molecule has 10 heteroatoms. The fraction of sp³-hybridized carbons (Fsp3) is 0.250. The topological polar surface area (TPSA) is 108 Å². The lowest BCUT2D eigenvalue weighted by molar-refractivity contribution is -0.384. The lowest BCUT2D eigenvalue weighted by Crippen LogP contribution is -2.30. The molecule has 2 aliphatic rings. The van der Waals surface area contributed by atoms with Gasteiger partial charge in [0.1, 0.15) is 6.33 Å². The van der Waals surface area contributed by atoms with Gasteiger partial charge in [-0.3, -0.25) is 14.8 Å². The van der Waals surface area contributed by atoms with E-state index in [9.17, 15) is 10.1 Å². The number of aryl methyl sites for hydroxylation is 1. The number of nitrogens with zero attached hydrogens (tertiary/aromatic N) is 6. The standard InChI is InChI=1S/C20H18N6O4/c1-12-7-14-8-17-18(30-11-29-17)9-16(14)19(13-3-5-15(6-4-13)26(27)28)22-25(12)20-21-10-24(2)23-20/h3-6,8-10,12H,7,11H2,1-2H3. The van der Waals surface area contributed by atoms with Crippen molar-refractivity contribution >= 4 is 17.3 Å². The maximum Gasteiger partial charge on any atom is 0.269 e. The second-order valence-electron chi connectivity index (χ2n) is 7.23. The summed E-state index contributed by atoms with van der Waals surface area (Å²) in [5, 5.41) is 22.2. The molecule has 3 heterocycles. The summed E-state index contributed by atoms with van der Waals surface area (Å²) < 4.78 is 12.8. The lowest BCUT2D eigenvalue weighted by atomic mass is 9.94. The zero-order chi connectivity index (χ0) is 20.8. The minimum Gasteiger partial charge on any atom is -0.454 e. The molecule has 0 saturated heterocycles. The molecule has 1 unspecified atom stereocenters. The highest BCUT2D eigenvalue weighted by molar-refractivity contribution is 6.14. The molecule has 1 aromatic heterocycles. The largest absolute Gasteiger partial charge is 0.454 e. The molecule has 3 aromatic rings. The molecule has 0 radical (unpaired) electrons. The van der Waals surface area contributed by atoms with Crippen LogP contribution in [0.25, 0.3) is 0 Å². The lowest BCUT2D eigenvalue weighted by Gasteiger charge is -2.21. The van der Waals surface area contributed by atoms with E-state index in [2.05, 4.69) is 10.1 Å². The molecule has 30 heavy (non-hydrogen) atoms. The van der Waals surface area contributed by atoms with Gasteiger partial charge in [0, 0.05) is 30.3 Å². The second-order valence-corrected chi connectivity index (χ2v) is 7.23. The van der Waals surface area contributed by atoms with E-state index in [1.807, 2.05) is 19.1 Å². The molecular formula is C20H18N6O4. The van der Waals surface area contributed by atoms with Crippen molar-refractivity contribution in [2.45, 2.75) is 19.4 Å². The Morgan fingerprint density at radius 3 is 2.57 bits per heavy atom. The van der Waals surface area contributed by atoms with Crippen molar-refractivity contribution < 1.29 is 14.4 Å². The number of aromatic nitrogens is 3. The molecule has 0 bridgehead atoms. The Bertz CT molecular complexity index is 1170. The van der Waals surface area contributed by atoms with Gasteiger partial charge in [-0.2, -0.15) is 10.1 Å². The Labute approximate surface area is 171 Å². The van der Waals surface area contributed by atoms with E-state index in [1.54, 1.807) is 35.2 Å². The number of nitro benzene ring substituents is 1. The van der Waals surface area contributed by atoms with E-state index in [-0.39, 0.29) is 18.5 Å². The summed E-state index contributed by atoms with van der Waals surface area (Å²) in [5.74, 6) is 1.84. The van der Waals surface area contributed by atoms with Crippen molar-refractivity contribution in [1.82, 2.24) is 14.8 Å². The van der Waals surface area contributed by atoms with Gasteiger partial charge in [-0.25, -0.2) is 5.01 Å². The van der Waals surface area contributed by atoms with E-state index < -0.39 is 4.92 Å². The summed E-state index contributed by atoms with van der Waals surface area (Å²) in [6.45, 7) is 2.23. The maximum atomic E-state index is 11.1. The average molecular weight is 406 g/mol. The Kier molecular flexibility index (Phi) is 4.12. The highest BCUT2D eigenvalue weighted by Crippen LogP contribution is 2.38. The van der Waals surface area contributed by atoms with Crippen LogP contribution in [0, 0.1) is 10.1 Å². The molecule has 1 atom stereocenters. The third-order valence-corrected chi connectivity index (χ3v) is 5.14. The summed E-state index contributed by atoms with van der Waals surface area (Å²) in [6.07, 6.45) is 2.31. The van der Waals surface area contributed by atoms with E-state index in [0.29, 0.717) is 29.6 Å². The summed E-state index contributed by atoms with van der Waals surface area (Å²) >= 11 is 0. The van der Waals surface area contributed by atoms with Crippen LogP contribution in [-0.2, 0) is 13.5 Å². The first-order valence-corrected chi connectivity index (χ1v) is 9.41. The smallest absolute Gasteiger partial charge is 0.269 e. The number of non-ortho nitro benzene ring substituents is 1. The number of nitro groups is 1. The zero-order valence-electron chi connectivity index (χ0n) is 16.3. The molecule has 152 valence electrons.